The summed E-state index contributed by atoms with van der Waals surface area (Å²) in [5, 5.41) is 38.7. The first-order valence-corrected chi connectivity index (χ1v) is 11.7. The summed E-state index contributed by atoms with van der Waals surface area (Å²) in [5.74, 6) is -3.68. The van der Waals surface area contributed by atoms with Crippen molar-refractivity contribution >= 4 is 11.8 Å². The predicted molar refractivity (Wildman–Crippen MR) is 119 cm³/mol. The Morgan fingerprint density at radius 2 is 1.82 bits per heavy atom. The molecular formula is C23H24F3N3O4S. The Balaban J connectivity index is 1.56. The van der Waals surface area contributed by atoms with Gasteiger partial charge in [-0.3, -0.25) is 0 Å². The Bertz CT molecular complexity index is 1100. The maximum atomic E-state index is 13.6. The number of aliphatic hydroxyl groups is 3. The Morgan fingerprint density at radius 1 is 1.12 bits per heavy atom. The molecule has 11 heteroatoms. The van der Waals surface area contributed by atoms with E-state index < -0.39 is 47.2 Å². The molecule has 182 valence electrons. The molecule has 1 fully saturated rings. The Kier molecular flexibility index (Phi) is 7.58. The van der Waals surface area contributed by atoms with E-state index in [4.69, 9.17) is 4.74 Å². The number of ether oxygens (including phenoxy) is 1. The molecule has 34 heavy (non-hydrogen) atoms. The fourth-order valence-corrected chi connectivity index (χ4v) is 5.27. The minimum absolute atomic E-state index is 0.0198. The van der Waals surface area contributed by atoms with Crippen LogP contribution < -0.4 is 0 Å². The fourth-order valence-electron chi connectivity index (χ4n) is 3.99. The average Bonchev–Trinajstić information content (AvgIpc) is 3.34. The molecular weight excluding hydrogens is 471 g/mol. The third-order valence-electron chi connectivity index (χ3n) is 5.81. The first-order chi connectivity index (χ1) is 16.4. The summed E-state index contributed by atoms with van der Waals surface area (Å²) >= 11 is 1.37. The molecule has 0 spiro atoms. The zero-order valence-electron chi connectivity index (χ0n) is 18.0. The maximum absolute atomic E-state index is 13.6. The molecule has 4 atom stereocenters. The van der Waals surface area contributed by atoms with Crippen molar-refractivity contribution in [2.24, 2.45) is 0 Å². The van der Waals surface area contributed by atoms with Gasteiger partial charge in [0.05, 0.1) is 25.5 Å². The summed E-state index contributed by atoms with van der Waals surface area (Å²) < 4.78 is 47.8. The zero-order chi connectivity index (χ0) is 24.3. The Hall–Kier alpha value is -2.44. The molecule has 1 aliphatic heterocycles. The van der Waals surface area contributed by atoms with Crippen molar-refractivity contribution in [3.8, 4) is 11.3 Å². The molecule has 0 bridgehead atoms. The quantitative estimate of drug-likeness (QED) is 0.413. The second kappa shape index (κ2) is 10.4. The van der Waals surface area contributed by atoms with Crippen LogP contribution in [0, 0.1) is 17.5 Å². The van der Waals surface area contributed by atoms with Gasteiger partial charge in [-0.25, -0.2) is 17.9 Å². The van der Waals surface area contributed by atoms with Crippen LogP contribution in [0.1, 0.15) is 18.0 Å². The molecule has 0 aliphatic carbocycles. The molecule has 2 heterocycles. The molecule has 4 rings (SSSR count). The van der Waals surface area contributed by atoms with E-state index in [1.807, 2.05) is 30.3 Å². The number of halogens is 3. The van der Waals surface area contributed by atoms with Gasteiger partial charge in [-0.2, -0.15) is 0 Å². The smallest absolute Gasteiger partial charge is 0.194 e. The van der Waals surface area contributed by atoms with Gasteiger partial charge < -0.3 is 20.1 Å². The summed E-state index contributed by atoms with van der Waals surface area (Å²) in [5.41, 5.74) is 1.17. The first kappa shape index (κ1) is 24.7. The molecule has 3 aromatic rings. The SMILES string of the molecule is OCC1OC(CO)(SCCc2ccccc2)CC(n2cc(-c3cc(F)c(F)c(F)c3)nn2)[C@H]1O. The van der Waals surface area contributed by atoms with Crippen molar-refractivity contribution in [1.82, 2.24) is 15.0 Å². The molecule has 0 amide bonds. The van der Waals surface area contributed by atoms with Gasteiger partial charge in [0.1, 0.15) is 22.8 Å². The lowest BCUT2D eigenvalue weighted by molar-refractivity contribution is -0.180. The van der Waals surface area contributed by atoms with Gasteiger partial charge in [-0.1, -0.05) is 35.5 Å². The number of nitrogens with zero attached hydrogens (tertiary/aromatic N) is 3. The lowest BCUT2D eigenvalue weighted by atomic mass is 9.95. The highest BCUT2D eigenvalue weighted by atomic mass is 32.2. The van der Waals surface area contributed by atoms with Crippen molar-refractivity contribution in [1.29, 1.82) is 0 Å². The molecule has 1 aliphatic rings. The number of aromatic nitrogens is 3. The van der Waals surface area contributed by atoms with Gasteiger partial charge in [-0.15, -0.1) is 16.9 Å². The average molecular weight is 496 g/mol. The van der Waals surface area contributed by atoms with Crippen LogP contribution >= 0.6 is 11.8 Å². The number of aryl methyl sites for hydroxylation is 1. The highest BCUT2D eigenvalue weighted by molar-refractivity contribution is 8.00. The highest BCUT2D eigenvalue weighted by Gasteiger charge is 2.48. The Labute approximate surface area is 198 Å². The van der Waals surface area contributed by atoms with Crippen LogP contribution in [-0.4, -0.2) is 66.4 Å². The summed E-state index contributed by atoms with van der Waals surface area (Å²) in [4.78, 5) is -1.12. The largest absolute Gasteiger partial charge is 0.394 e. The van der Waals surface area contributed by atoms with Crippen LogP contribution in [-0.2, 0) is 11.2 Å². The van der Waals surface area contributed by atoms with E-state index in [0.717, 1.165) is 24.1 Å². The van der Waals surface area contributed by atoms with Gasteiger partial charge in [-0.05, 0) is 24.1 Å². The Morgan fingerprint density at radius 3 is 2.47 bits per heavy atom. The van der Waals surface area contributed by atoms with E-state index in [-0.39, 0.29) is 24.3 Å². The number of hydrogen-bond donors (Lipinski definition) is 3. The minimum Gasteiger partial charge on any atom is -0.394 e. The maximum Gasteiger partial charge on any atom is 0.194 e. The third kappa shape index (κ3) is 5.13. The molecule has 3 N–H and O–H groups in total. The second-order valence-electron chi connectivity index (χ2n) is 8.09. The number of hydrogen-bond acceptors (Lipinski definition) is 7. The number of rotatable bonds is 8. The molecule has 0 radical (unpaired) electrons. The number of aliphatic hydroxyl groups excluding tert-OH is 3. The van der Waals surface area contributed by atoms with E-state index >= 15 is 0 Å². The molecule has 2 aromatic carbocycles. The molecule has 1 aromatic heterocycles. The van der Waals surface area contributed by atoms with E-state index in [2.05, 4.69) is 10.3 Å². The normalized spacial score (nSPS) is 24.9. The van der Waals surface area contributed by atoms with Crippen molar-refractivity contribution in [2.45, 2.75) is 36.0 Å². The molecule has 0 saturated carbocycles. The second-order valence-corrected chi connectivity index (χ2v) is 9.53. The lowest BCUT2D eigenvalue weighted by Gasteiger charge is -2.45. The van der Waals surface area contributed by atoms with E-state index in [9.17, 15) is 28.5 Å². The summed E-state index contributed by atoms with van der Waals surface area (Å²) in [6.07, 6.45) is 0.0497. The highest BCUT2D eigenvalue weighted by Crippen LogP contribution is 2.43. The van der Waals surface area contributed by atoms with Crippen LogP contribution in [0.5, 0.6) is 0 Å². The summed E-state index contributed by atoms with van der Waals surface area (Å²) in [6.45, 7) is -0.864. The zero-order valence-corrected chi connectivity index (χ0v) is 18.8. The van der Waals surface area contributed by atoms with Crippen molar-refractivity contribution in [3.05, 3.63) is 71.7 Å². The topological polar surface area (TPSA) is 101 Å². The van der Waals surface area contributed by atoms with Gasteiger partial charge >= 0.3 is 0 Å². The van der Waals surface area contributed by atoms with E-state index in [1.54, 1.807) is 0 Å². The van der Waals surface area contributed by atoms with Gasteiger partial charge in [0, 0.05) is 17.7 Å². The van der Waals surface area contributed by atoms with E-state index in [0.29, 0.717) is 5.75 Å². The minimum atomic E-state index is -1.58. The van der Waals surface area contributed by atoms with Crippen LogP contribution in [0.25, 0.3) is 11.3 Å². The summed E-state index contributed by atoms with van der Waals surface area (Å²) in [6, 6.07) is 10.7. The lowest BCUT2D eigenvalue weighted by Crippen LogP contribution is -2.54. The predicted octanol–water partition coefficient (Wildman–Crippen LogP) is 2.71. The van der Waals surface area contributed by atoms with Crippen LogP contribution in [0.15, 0.2) is 48.7 Å². The van der Waals surface area contributed by atoms with Crippen LogP contribution in [0.4, 0.5) is 13.2 Å². The first-order valence-electron chi connectivity index (χ1n) is 10.7. The molecule has 3 unspecified atom stereocenters. The van der Waals surface area contributed by atoms with Crippen molar-refractivity contribution < 1.29 is 33.2 Å². The fraction of sp³-hybridized carbons (Fsp3) is 0.391. The van der Waals surface area contributed by atoms with E-state index in [1.165, 1.54) is 22.6 Å². The molecule has 7 nitrogen and oxygen atoms in total. The number of thioether (sulfide) groups is 1. The van der Waals surface area contributed by atoms with Crippen LogP contribution in [0.2, 0.25) is 0 Å². The van der Waals surface area contributed by atoms with Gasteiger partial charge in [0.15, 0.2) is 17.5 Å². The number of benzene rings is 2. The monoisotopic (exact) mass is 495 g/mol. The van der Waals surface area contributed by atoms with Gasteiger partial charge in [0.25, 0.3) is 0 Å². The van der Waals surface area contributed by atoms with Crippen LogP contribution in [0.3, 0.4) is 0 Å². The summed E-state index contributed by atoms with van der Waals surface area (Å²) in [7, 11) is 0. The molecule has 1 saturated heterocycles. The third-order valence-corrected chi connectivity index (χ3v) is 7.14. The van der Waals surface area contributed by atoms with Crippen molar-refractivity contribution in [2.75, 3.05) is 19.0 Å². The standard InChI is InChI=1S/C23H24F3N3O4S/c24-16-8-15(9-17(25)21(16)26)18-11-29(28-27-18)19-10-23(13-31,33-20(12-30)22(19)32)34-7-6-14-4-2-1-3-5-14/h1-5,8-9,11,19-20,22,30-32H,6-7,10,12-13H2/t19?,20?,22-,23?/m1/s1. The van der Waals surface area contributed by atoms with Gasteiger partial charge in [0.2, 0.25) is 0 Å². The van der Waals surface area contributed by atoms with Crippen molar-refractivity contribution in [3.63, 3.8) is 0 Å².